The van der Waals surface area contributed by atoms with E-state index in [0.29, 0.717) is 13.1 Å². The average Bonchev–Trinajstić information content (AvgIpc) is 2.27. The van der Waals surface area contributed by atoms with Gasteiger partial charge in [0.25, 0.3) is 5.91 Å². The number of pyridine rings is 1. The molecule has 6 nitrogen and oxygen atoms in total. The summed E-state index contributed by atoms with van der Waals surface area (Å²) < 4.78 is 0. The molecule has 1 aliphatic heterocycles. The molecule has 17 heavy (non-hydrogen) atoms. The van der Waals surface area contributed by atoms with Crippen molar-refractivity contribution in [2.45, 2.75) is 0 Å². The van der Waals surface area contributed by atoms with Crippen LogP contribution in [0.15, 0.2) is 18.3 Å². The molecule has 0 saturated carbocycles. The predicted octanol–water partition coefficient (Wildman–Crippen LogP) is -0.395. The lowest BCUT2D eigenvalue weighted by Gasteiger charge is -2.37. The van der Waals surface area contributed by atoms with Crippen molar-refractivity contribution < 1.29 is 14.7 Å². The molecule has 1 fully saturated rings. The molecule has 2 rings (SSSR count). The first-order valence-electron chi connectivity index (χ1n) is 5.28. The fourth-order valence-corrected chi connectivity index (χ4v) is 1.73. The van der Waals surface area contributed by atoms with E-state index >= 15 is 0 Å². The van der Waals surface area contributed by atoms with E-state index in [0.717, 1.165) is 0 Å². The molecule has 2 heterocycles. The van der Waals surface area contributed by atoms with Crippen LogP contribution in [0.1, 0.15) is 10.5 Å². The Bertz CT molecular complexity index is 455. The van der Waals surface area contributed by atoms with Gasteiger partial charge in [0, 0.05) is 26.3 Å². The van der Waals surface area contributed by atoms with Crippen molar-refractivity contribution in [3.05, 3.63) is 24.0 Å². The van der Waals surface area contributed by atoms with Crippen molar-refractivity contribution in [2.24, 2.45) is 5.92 Å². The van der Waals surface area contributed by atoms with E-state index in [1.54, 1.807) is 13.1 Å². The van der Waals surface area contributed by atoms with Gasteiger partial charge in [-0.25, -0.2) is 4.98 Å². The minimum atomic E-state index is -0.344. The number of hydrogen-bond acceptors (Lipinski definition) is 4. The molecule has 6 heteroatoms. The van der Waals surface area contributed by atoms with E-state index in [2.05, 4.69) is 10.3 Å². The fourth-order valence-electron chi connectivity index (χ4n) is 1.73. The number of aromatic nitrogens is 1. The van der Waals surface area contributed by atoms with E-state index < -0.39 is 0 Å². The van der Waals surface area contributed by atoms with Gasteiger partial charge in [0.05, 0.1) is 5.92 Å². The maximum absolute atomic E-state index is 11.9. The van der Waals surface area contributed by atoms with Gasteiger partial charge in [-0.1, -0.05) is 0 Å². The van der Waals surface area contributed by atoms with Crippen LogP contribution >= 0.6 is 0 Å². The Morgan fingerprint density at radius 2 is 2.24 bits per heavy atom. The molecule has 1 aromatic rings. The number of carbonyl (C=O) groups excluding carboxylic acids is 2. The molecule has 1 aliphatic rings. The van der Waals surface area contributed by atoms with Gasteiger partial charge < -0.3 is 15.3 Å². The minimum Gasteiger partial charge on any atom is -0.505 e. The summed E-state index contributed by atoms with van der Waals surface area (Å²) in [4.78, 5) is 28.4. The Morgan fingerprint density at radius 1 is 1.53 bits per heavy atom. The molecular formula is C11H13N3O3. The third kappa shape index (κ3) is 2.06. The van der Waals surface area contributed by atoms with Crippen molar-refractivity contribution in [3.63, 3.8) is 0 Å². The van der Waals surface area contributed by atoms with Crippen LogP contribution in [0.3, 0.4) is 0 Å². The van der Waals surface area contributed by atoms with Gasteiger partial charge in [-0.3, -0.25) is 9.59 Å². The molecule has 0 radical (unpaired) electrons. The molecule has 2 N–H and O–H groups in total. The summed E-state index contributed by atoms with van der Waals surface area (Å²) >= 11 is 0. The zero-order valence-electron chi connectivity index (χ0n) is 9.38. The molecule has 0 aromatic carbocycles. The van der Waals surface area contributed by atoms with Crippen LogP contribution < -0.4 is 5.32 Å². The highest BCUT2D eigenvalue weighted by Gasteiger charge is 2.36. The highest BCUT2D eigenvalue weighted by atomic mass is 16.3. The zero-order valence-corrected chi connectivity index (χ0v) is 9.38. The van der Waals surface area contributed by atoms with Gasteiger partial charge in [-0.05, 0) is 12.1 Å². The Morgan fingerprint density at radius 3 is 2.82 bits per heavy atom. The second-order valence-corrected chi connectivity index (χ2v) is 3.89. The number of nitrogens with zero attached hydrogens (tertiary/aromatic N) is 2. The minimum absolute atomic E-state index is 0.0304. The second-order valence-electron chi connectivity index (χ2n) is 3.89. The van der Waals surface area contributed by atoms with Crippen LogP contribution in [0.25, 0.3) is 0 Å². The maximum Gasteiger partial charge on any atom is 0.276 e. The quantitative estimate of drug-likeness (QED) is 0.731. The second kappa shape index (κ2) is 4.40. The summed E-state index contributed by atoms with van der Waals surface area (Å²) in [5, 5.41) is 12.0. The van der Waals surface area contributed by atoms with Crippen molar-refractivity contribution in [2.75, 3.05) is 20.1 Å². The third-order valence-electron chi connectivity index (χ3n) is 2.77. The summed E-state index contributed by atoms with van der Waals surface area (Å²) in [6.45, 7) is 0.739. The van der Waals surface area contributed by atoms with Crippen LogP contribution in [0, 0.1) is 5.92 Å². The number of nitrogens with one attached hydrogen (secondary N) is 1. The summed E-state index contributed by atoms with van der Waals surface area (Å²) in [7, 11) is 1.57. The number of carbonyl (C=O) groups is 2. The van der Waals surface area contributed by atoms with Crippen LogP contribution in [-0.4, -0.2) is 46.9 Å². The van der Waals surface area contributed by atoms with Crippen LogP contribution in [0.4, 0.5) is 0 Å². The van der Waals surface area contributed by atoms with E-state index in [1.165, 1.54) is 17.2 Å². The van der Waals surface area contributed by atoms with E-state index in [4.69, 9.17) is 0 Å². The highest BCUT2D eigenvalue weighted by molar-refractivity contribution is 5.96. The zero-order chi connectivity index (χ0) is 12.4. The Kier molecular flexibility index (Phi) is 2.95. The SMILES string of the molecule is CNC(=O)C1CN(C(=O)c2ncccc2O)C1. The largest absolute Gasteiger partial charge is 0.505 e. The third-order valence-corrected chi connectivity index (χ3v) is 2.77. The van der Waals surface area contributed by atoms with Gasteiger partial charge in [-0.2, -0.15) is 0 Å². The Balaban J connectivity index is 2.01. The summed E-state index contributed by atoms with van der Waals surface area (Å²) in [6.07, 6.45) is 1.45. The topological polar surface area (TPSA) is 82.5 Å². The summed E-state index contributed by atoms with van der Waals surface area (Å²) in [6, 6.07) is 2.96. The standard InChI is InChI=1S/C11H13N3O3/c1-12-10(16)7-5-14(6-7)11(17)9-8(15)3-2-4-13-9/h2-4,7,15H,5-6H2,1H3,(H,12,16). The van der Waals surface area contributed by atoms with Crippen molar-refractivity contribution in [1.29, 1.82) is 0 Å². The van der Waals surface area contributed by atoms with Crippen molar-refractivity contribution in [3.8, 4) is 5.75 Å². The van der Waals surface area contributed by atoms with E-state index in [1.807, 2.05) is 0 Å². The number of rotatable bonds is 2. The van der Waals surface area contributed by atoms with Crippen LogP contribution in [-0.2, 0) is 4.79 Å². The first kappa shape index (κ1) is 11.4. The predicted molar refractivity (Wildman–Crippen MR) is 59.4 cm³/mol. The van der Waals surface area contributed by atoms with Gasteiger partial charge >= 0.3 is 0 Å². The lowest BCUT2D eigenvalue weighted by molar-refractivity contribution is -0.128. The van der Waals surface area contributed by atoms with Gasteiger partial charge in [0.15, 0.2) is 5.69 Å². The van der Waals surface area contributed by atoms with Crippen molar-refractivity contribution in [1.82, 2.24) is 15.2 Å². The molecule has 1 saturated heterocycles. The molecule has 0 bridgehead atoms. The normalized spacial score (nSPS) is 15.2. The first-order valence-corrected chi connectivity index (χ1v) is 5.28. The lowest BCUT2D eigenvalue weighted by atomic mass is 9.98. The Hall–Kier alpha value is -2.11. The number of hydrogen-bond donors (Lipinski definition) is 2. The molecule has 0 spiro atoms. The molecule has 0 aliphatic carbocycles. The van der Waals surface area contributed by atoms with Crippen LogP contribution in [0.2, 0.25) is 0 Å². The first-order chi connectivity index (χ1) is 8.13. The molecular weight excluding hydrogens is 222 g/mol. The number of likely N-dealkylation sites (tertiary alicyclic amines) is 1. The van der Waals surface area contributed by atoms with Gasteiger partial charge in [-0.15, -0.1) is 0 Å². The smallest absolute Gasteiger partial charge is 0.276 e. The van der Waals surface area contributed by atoms with Gasteiger partial charge in [0.2, 0.25) is 5.91 Å². The average molecular weight is 235 g/mol. The lowest BCUT2D eigenvalue weighted by Crippen LogP contribution is -2.55. The van der Waals surface area contributed by atoms with E-state index in [-0.39, 0.29) is 29.2 Å². The monoisotopic (exact) mass is 235 g/mol. The summed E-state index contributed by atoms with van der Waals surface area (Å²) in [5.41, 5.74) is 0.0304. The maximum atomic E-state index is 11.9. The molecule has 0 atom stereocenters. The molecule has 2 amide bonds. The molecule has 0 unspecified atom stereocenters. The van der Waals surface area contributed by atoms with Crippen molar-refractivity contribution >= 4 is 11.8 Å². The van der Waals surface area contributed by atoms with E-state index in [9.17, 15) is 14.7 Å². The number of aromatic hydroxyl groups is 1. The molecule has 90 valence electrons. The molecule has 1 aromatic heterocycles. The van der Waals surface area contributed by atoms with Crippen LogP contribution in [0.5, 0.6) is 5.75 Å². The highest BCUT2D eigenvalue weighted by Crippen LogP contribution is 2.21. The van der Waals surface area contributed by atoms with Gasteiger partial charge in [0.1, 0.15) is 5.75 Å². The fraction of sp³-hybridized carbons (Fsp3) is 0.364. The summed E-state index contributed by atoms with van der Waals surface area (Å²) in [5.74, 6) is -0.710. The Labute approximate surface area is 98.3 Å². The number of amides is 2.